The summed E-state index contributed by atoms with van der Waals surface area (Å²) in [5.41, 5.74) is 1.21. The lowest BCUT2D eigenvalue weighted by Gasteiger charge is -2.36. The number of benzene rings is 1. The fraction of sp³-hybridized carbons (Fsp3) is 0.579. The van der Waals surface area contributed by atoms with E-state index in [1.54, 1.807) is 14.0 Å². The van der Waals surface area contributed by atoms with E-state index in [2.05, 4.69) is 17.0 Å². The number of carbonyl (C=O) groups is 2. The van der Waals surface area contributed by atoms with E-state index in [1.165, 1.54) is 10.6 Å². The highest BCUT2D eigenvalue weighted by Crippen LogP contribution is 2.18. The number of hydrogen-bond acceptors (Lipinski definition) is 4. The highest BCUT2D eigenvalue weighted by atomic mass is 16.5. The first-order valence-corrected chi connectivity index (χ1v) is 9.32. The summed E-state index contributed by atoms with van der Waals surface area (Å²) in [6, 6.07) is 8.14. The van der Waals surface area contributed by atoms with Gasteiger partial charge in [0, 0.05) is 38.8 Å². The van der Waals surface area contributed by atoms with Crippen LogP contribution in [0.5, 0.6) is 5.75 Å². The van der Waals surface area contributed by atoms with Gasteiger partial charge in [0.2, 0.25) is 5.91 Å². The maximum Gasteiger partial charge on any atom is 0.277 e. The number of rotatable bonds is 4. The largest absolute Gasteiger partial charge is 0.497 e. The lowest BCUT2D eigenvalue weighted by Crippen LogP contribution is -3.16. The Balaban J connectivity index is 1.43. The molecule has 0 aliphatic carbocycles. The fourth-order valence-electron chi connectivity index (χ4n) is 3.65. The van der Waals surface area contributed by atoms with Crippen molar-refractivity contribution in [2.24, 2.45) is 0 Å². The zero-order valence-electron chi connectivity index (χ0n) is 15.7. The molecule has 0 radical (unpaired) electrons. The molecule has 2 saturated heterocycles. The molecule has 2 heterocycles. The number of carbonyl (C=O) groups excluding carboxylic acids is 2. The van der Waals surface area contributed by atoms with E-state index in [0.29, 0.717) is 32.7 Å². The molecule has 3 rings (SSSR count). The van der Waals surface area contributed by atoms with Crippen LogP contribution in [-0.4, -0.2) is 87.6 Å². The first kappa shape index (κ1) is 18.5. The molecule has 0 saturated carbocycles. The Morgan fingerprint density at radius 3 is 2.08 bits per heavy atom. The summed E-state index contributed by atoms with van der Waals surface area (Å²) in [6.07, 6.45) is 0. The number of quaternary nitrogens is 1. The van der Waals surface area contributed by atoms with Gasteiger partial charge in [-0.1, -0.05) is 0 Å². The van der Waals surface area contributed by atoms with Crippen LogP contribution >= 0.6 is 0 Å². The molecule has 2 aliphatic heterocycles. The third kappa shape index (κ3) is 4.46. The fourth-order valence-corrected chi connectivity index (χ4v) is 3.65. The summed E-state index contributed by atoms with van der Waals surface area (Å²) < 4.78 is 5.21. The van der Waals surface area contributed by atoms with Crippen molar-refractivity contribution in [1.29, 1.82) is 0 Å². The van der Waals surface area contributed by atoms with Crippen molar-refractivity contribution in [2.75, 3.05) is 70.9 Å². The summed E-state index contributed by atoms with van der Waals surface area (Å²) in [4.78, 5) is 31.3. The van der Waals surface area contributed by atoms with Crippen molar-refractivity contribution in [3.8, 4) is 5.75 Å². The van der Waals surface area contributed by atoms with Gasteiger partial charge in [0.05, 0.1) is 33.3 Å². The van der Waals surface area contributed by atoms with Gasteiger partial charge in [-0.25, -0.2) is 0 Å². The predicted molar refractivity (Wildman–Crippen MR) is 99.6 cm³/mol. The Morgan fingerprint density at radius 1 is 0.962 bits per heavy atom. The Hall–Kier alpha value is -2.28. The van der Waals surface area contributed by atoms with Gasteiger partial charge in [-0.15, -0.1) is 0 Å². The zero-order valence-corrected chi connectivity index (χ0v) is 15.7. The van der Waals surface area contributed by atoms with Crippen molar-refractivity contribution >= 4 is 17.5 Å². The van der Waals surface area contributed by atoms with E-state index in [9.17, 15) is 9.59 Å². The molecule has 7 heteroatoms. The molecule has 0 aromatic heterocycles. The average molecular weight is 361 g/mol. The lowest BCUT2D eigenvalue weighted by molar-refractivity contribution is -0.892. The zero-order chi connectivity index (χ0) is 18.5. The number of nitrogens with zero attached hydrogens (tertiary/aromatic N) is 3. The number of ether oxygens (including phenoxy) is 1. The van der Waals surface area contributed by atoms with Crippen LogP contribution in [0.25, 0.3) is 0 Å². The lowest BCUT2D eigenvalue weighted by atomic mass is 10.2. The molecule has 2 fully saturated rings. The molecule has 142 valence electrons. The second-order valence-corrected chi connectivity index (χ2v) is 7.00. The van der Waals surface area contributed by atoms with Gasteiger partial charge < -0.3 is 24.3 Å². The number of hydrogen-bond donors (Lipinski definition) is 1. The van der Waals surface area contributed by atoms with Crippen LogP contribution in [0.15, 0.2) is 24.3 Å². The highest BCUT2D eigenvalue weighted by molar-refractivity contribution is 5.78. The molecular formula is C19H29N4O3+. The summed E-state index contributed by atoms with van der Waals surface area (Å²) in [6.45, 7) is 8.59. The predicted octanol–water partition coefficient (Wildman–Crippen LogP) is -0.909. The first-order valence-electron chi connectivity index (χ1n) is 9.32. The Labute approximate surface area is 155 Å². The topological polar surface area (TPSA) is 57.5 Å². The number of nitrogens with one attached hydrogen (secondary N) is 1. The summed E-state index contributed by atoms with van der Waals surface area (Å²) in [7, 11) is 1.67. The standard InChI is InChI=1S/C19H28N4O3/c1-16(24)21-11-13-23(14-12-21)19(25)15-20-7-9-22(10-8-20)17-3-5-18(26-2)6-4-17/h3-6H,7-15H2,1-2H3/p+1. The van der Waals surface area contributed by atoms with Crippen molar-refractivity contribution in [3.05, 3.63) is 24.3 Å². The SMILES string of the molecule is COc1ccc(N2CC[NH+](CC(=O)N3CCN(C(C)=O)CC3)CC2)cc1. The number of amides is 2. The molecule has 1 aromatic carbocycles. The van der Waals surface area contributed by atoms with Gasteiger partial charge in [-0.3, -0.25) is 9.59 Å². The Kier molecular flexibility index (Phi) is 5.98. The van der Waals surface area contributed by atoms with Gasteiger partial charge in [-0.2, -0.15) is 0 Å². The molecule has 2 amide bonds. The molecule has 26 heavy (non-hydrogen) atoms. The minimum atomic E-state index is 0.0948. The van der Waals surface area contributed by atoms with Crippen molar-refractivity contribution in [1.82, 2.24) is 9.80 Å². The molecular weight excluding hydrogens is 332 g/mol. The number of anilines is 1. The summed E-state index contributed by atoms with van der Waals surface area (Å²) in [5, 5.41) is 0. The van der Waals surface area contributed by atoms with Crippen LogP contribution in [0.1, 0.15) is 6.92 Å². The number of piperazine rings is 2. The van der Waals surface area contributed by atoms with E-state index in [4.69, 9.17) is 4.74 Å². The first-order chi connectivity index (χ1) is 12.6. The van der Waals surface area contributed by atoms with Gasteiger partial charge >= 0.3 is 0 Å². The highest BCUT2D eigenvalue weighted by Gasteiger charge is 2.27. The Bertz CT molecular complexity index is 618. The van der Waals surface area contributed by atoms with Gasteiger partial charge in [0.15, 0.2) is 6.54 Å². The van der Waals surface area contributed by atoms with Crippen molar-refractivity contribution in [3.63, 3.8) is 0 Å². The third-order valence-electron chi connectivity index (χ3n) is 5.39. The van der Waals surface area contributed by atoms with E-state index >= 15 is 0 Å². The maximum atomic E-state index is 12.5. The molecule has 1 N–H and O–H groups in total. The molecule has 7 nitrogen and oxygen atoms in total. The second kappa shape index (κ2) is 8.40. The van der Waals surface area contributed by atoms with Gasteiger partial charge in [-0.05, 0) is 24.3 Å². The molecule has 0 bridgehead atoms. The quantitative estimate of drug-likeness (QED) is 0.755. The minimum Gasteiger partial charge on any atom is -0.497 e. The minimum absolute atomic E-state index is 0.0948. The van der Waals surface area contributed by atoms with E-state index in [-0.39, 0.29) is 11.8 Å². The van der Waals surface area contributed by atoms with Crippen molar-refractivity contribution < 1.29 is 19.2 Å². The summed E-state index contributed by atoms with van der Waals surface area (Å²) in [5.74, 6) is 1.17. The monoisotopic (exact) mass is 361 g/mol. The van der Waals surface area contributed by atoms with Crippen LogP contribution in [-0.2, 0) is 9.59 Å². The molecule has 1 aromatic rings. The van der Waals surface area contributed by atoms with Crippen LogP contribution in [0.3, 0.4) is 0 Å². The van der Waals surface area contributed by atoms with Crippen LogP contribution in [0.2, 0.25) is 0 Å². The summed E-state index contributed by atoms with van der Waals surface area (Å²) >= 11 is 0. The normalized spacial score (nSPS) is 18.8. The maximum absolute atomic E-state index is 12.5. The van der Waals surface area contributed by atoms with Crippen LogP contribution < -0.4 is 14.5 Å². The smallest absolute Gasteiger partial charge is 0.277 e. The molecule has 0 spiro atoms. The molecule has 0 unspecified atom stereocenters. The van der Waals surface area contributed by atoms with Crippen molar-refractivity contribution in [2.45, 2.75) is 6.92 Å². The molecule has 2 aliphatic rings. The van der Waals surface area contributed by atoms with E-state index in [1.807, 2.05) is 21.9 Å². The van der Waals surface area contributed by atoms with Crippen LogP contribution in [0, 0.1) is 0 Å². The second-order valence-electron chi connectivity index (χ2n) is 7.00. The van der Waals surface area contributed by atoms with Gasteiger partial charge in [0.25, 0.3) is 5.91 Å². The molecule has 0 atom stereocenters. The Morgan fingerprint density at radius 2 is 1.54 bits per heavy atom. The average Bonchev–Trinajstić information content (AvgIpc) is 2.68. The van der Waals surface area contributed by atoms with E-state index < -0.39 is 0 Å². The third-order valence-corrected chi connectivity index (χ3v) is 5.39. The van der Waals surface area contributed by atoms with E-state index in [0.717, 1.165) is 31.9 Å². The van der Waals surface area contributed by atoms with Crippen LogP contribution in [0.4, 0.5) is 5.69 Å². The van der Waals surface area contributed by atoms with Gasteiger partial charge in [0.1, 0.15) is 5.75 Å². The number of methoxy groups -OCH3 is 1.